The summed E-state index contributed by atoms with van der Waals surface area (Å²) < 4.78 is 0. The van der Waals surface area contributed by atoms with Crippen molar-refractivity contribution in [3.8, 4) is 0 Å². The molecule has 2 saturated heterocycles. The fourth-order valence-corrected chi connectivity index (χ4v) is 4.41. The number of fused-ring (bicyclic) bond motifs is 1. The van der Waals surface area contributed by atoms with Crippen molar-refractivity contribution in [3.05, 3.63) is 42.1 Å². The zero-order valence-corrected chi connectivity index (χ0v) is 17.1. The first kappa shape index (κ1) is 19.4. The number of likely N-dealkylation sites (N-methyl/N-ethyl adjacent to an activating group) is 1. The molecule has 1 aromatic carbocycles. The Kier molecular flexibility index (Phi) is 4.76. The van der Waals surface area contributed by atoms with Gasteiger partial charge in [-0.05, 0) is 30.9 Å². The Morgan fingerprint density at radius 1 is 1.10 bits per heavy atom. The molecule has 2 aliphatic heterocycles. The fraction of sp³-hybridized carbons (Fsp3) is 0.455. The largest absolute Gasteiger partial charge is 0.337 e. The van der Waals surface area contributed by atoms with Crippen LogP contribution in [0.4, 0.5) is 4.79 Å². The van der Waals surface area contributed by atoms with Crippen LogP contribution in [0.1, 0.15) is 37.2 Å². The molecule has 7 heteroatoms. The van der Waals surface area contributed by atoms with Crippen molar-refractivity contribution in [1.29, 1.82) is 0 Å². The molecule has 2 aliphatic rings. The highest BCUT2D eigenvalue weighted by molar-refractivity contribution is 6.07. The van der Waals surface area contributed by atoms with Crippen LogP contribution in [0.15, 0.2) is 36.4 Å². The SMILES string of the molecule is CC(C)CN1C(=O)N(C)C(=O)C12CCN(C(=O)c1ccc3ccccc3n1)CC2. The van der Waals surface area contributed by atoms with E-state index in [1.54, 1.807) is 22.9 Å². The van der Waals surface area contributed by atoms with Crippen LogP contribution in [0.25, 0.3) is 10.9 Å². The summed E-state index contributed by atoms with van der Waals surface area (Å²) in [5.74, 6) is -0.0261. The molecule has 0 bridgehead atoms. The van der Waals surface area contributed by atoms with Gasteiger partial charge in [-0.25, -0.2) is 9.78 Å². The van der Waals surface area contributed by atoms with Crippen molar-refractivity contribution in [3.63, 3.8) is 0 Å². The molecule has 2 aromatic rings. The maximum Gasteiger partial charge on any atom is 0.327 e. The second-order valence-corrected chi connectivity index (χ2v) is 8.36. The molecule has 152 valence electrons. The Bertz CT molecular complexity index is 979. The van der Waals surface area contributed by atoms with Gasteiger partial charge in [0.1, 0.15) is 11.2 Å². The lowest BCUT2D eigenvalue weighted by Crippen LogP contribution is -2.58. The van der Waals surface area contributed by atoms with Crippen LogP contribution in [0.3, 0.4) is 0 Å². The fourth-order valence-electron chi connectivity index (χ4n) is 4.41. The van der Waals surface area contributed by atoms with Gasteiger partial charge in [0.25, 0.3) is 11.8 Å². The Hall–Kier alpha value is -2.96. The molecule has 0 unspecified atom stereocenters. The number of carbonyl (C=O) groups is 3. The van der Waals surface area contributed by atoms with E-state index >= 15 is 0 Å². The van der Waals surface area contributed by atoms with E-state index < -0.39 is 5.54 Å². The number of rotatable bonds is 3. The molecule has 4 rings (SSSR count). The third kappa shape index (κ3) is 3.14. The van der Waals surface area contributed by atoms with E-state index in [-0.39, 0.29) is 23.8 Å². The highest BCUT2D eigenvalue weighted by Crippen LogP contribution is 2.37. The summed E-state index contributed by atoms with van der Waals surface area (Å²) >= 11 is 0. The summed E-state index contributed by atoms with van der Waals surface area (Å²) in [6.45, 7) is 5.46. The van der Waals surface area contributed by atoms with Gasteiger partial charge in [-0.3, -0.25) is 14.5 Å². The van der Waals surface area contributed by atoms with Gasteiger partial charge in [0.05, 0.1) is 5.52 Å². The number of para-hydroxylation sites is 1. The van der Waals surface area contributed by atoms with Gasteiger partial charge in [0.15, 0.2) is 0 Å². The van der Waals surface area contributed by atoms with E-state index in [4.69, 9.17) is 0 Å². The normalized spacial score (nSPS) is 19.1. The lowest BCUT2D eigenvalue weighted by Gasteiger charge is -2.42. The molecule has 0 atom stereocenters. The summed E-state index contributed by atoms with van der Waals surface area (Å²) in [5, 5.41) is 0.990. The van der Waals surface area contributed by atoms with Crippen molar-refractivity contribution in [2.45, 2.75) is 32.2 Å². The second-order valence-electron chi connectivity index (χ2n) is 8.36. The maximum atomic E-state index is 13.0. The standard InChI is InChI=1S/C22H26N4O3/c1-15(2)14-26-21(29)24(3)20(28)22(26)10-12-25(13-11-22)19(27)18-9-8-16-6-4-5-7-17(16)23-18/h4-9,15H,10-14H2,1-3H3. The van der Waals surface area contributed by atoms with E-state index in [1.807, 2.05) is 44.2 Å². The van der Waals surface area contributed by atoms with Gasteiger partial charge in [-0.15, -0.1) is 0 Å². The quantitative estimate of drug-likeness (QED) is 0.751. The molecule has 1 aromatic heterocycles. The Morgan fingerprint density at radius 3 is 2.48 bits per heavy atom. The highest BCUT2D eigenvalue weighted by atomic mass is 16.2. The van der Waals surface area contributed by atoms with Crippen LogP contribution >= 0.6 is 0 Å². The minimum atomic E-state index is -0.830. The van der Waals surface area contributed by atoms with E-state index in [0.717, 1.165) is 10.9 Å². The number of likely N-dealkylation sites (tertiary alicyclic amines) is 1. The van der Waals surface area contributed by atoms with Gasteiger partial charge in [-0.2, -0.15) is 0 Å². The molecule has 4 amide bonds. The monoisotopic (exact) mass is 394 g/mol. The summed E-state index contributed by atoms with van der Waals surface area (Å²) in [7, 11) is 1.54. The summed E-state index contributed by atoms with van der Waals surface area (Å²) in [6.07, 6.45) is 0.905. The minimum Gasteiger partial charge on any atom is -0.337 e. The van der Waals surface area contributed by atoms with Gasteiger partial charge >= 0.3 is 6.03 Å². The summed E-state index contributed by atoms with van der Waals surface area (Å²) in [4.78, 5) is 47.7. The number of benzene rings is 1. The Balaban J connectivity index is 1.53. The van der Waals surface area contributed by atoms with Crippen LogP contribution in [0, 0.1) is 5.92 Å². The smallest absolute Gasteiger partial charge is 0.327 e. The van der Waals surface area contributed by atoms with Crippen LogP contribution in [0.5, 0.6) is 0 Å². The number of aromatic nitrogens is 1. The molecule has 0 radical (unpaired) electrons. The van der Waals surface area contributed by atoms with Gasteiger partial charge < -0.3 is 9.80 Å². The maximum absolute atomic E-state index is 13.0. The van der Waals surface area contributed by atoms with Gasteiger partial charge in [0, 0.05) is 32.1 Å². The van der Waals surface area contributed by atoms with E-state index in [1.165, 1.54) is 4.90 Å². The predicted molar refractivity (Wildman–Crippen MR) is 109 cm³/mol. The van der Waals surface area contributed by atoms with Gasteiger partial charge in [0.2, 0.25) is 0 Å². The number of carbonyl (C=O) groups excluding carboxylic acids is 3. The zero-order chi connectivity index (χ0) is 20.8. The third-order valence-electron chi connectivity index (χ3n) is 5.98. The molecule has 0 aliphatic carbocycles. The molecule has 7 nitrogen and oxygen atoms in total. The first-order valence-corrected chi connectivity index (χ1v) is 10.1. The van der Waals surface area contributed by atoms with Gasteiger partial charge in [-0.1, -0.05) is 38.1 Å². The zero-order valence-electron chi connectivity index (χ0n) is 17.1. The number of hydrogen-bond donors (Lipinski definition) is 0. The highest BCUT2D eigenvalue weighted by Gasteiger charge is 2.57. The minimum absolute atomic E-state index is 0.133. The number of imide groups is 1. The van der Waals surface area contributed by atoms with Crippen LogP contribution < -0.4 is 0 Å². The Labute approximate surface area is 170 Å². The number of piperidine rings is 1. The van der Waals surface area contributed by atoms with E-state index in [9.17, 15) is 14.4 Å². The molecule has 3 heterocycles. The van der Waals surface area contributed by atoms with Crippen LogP contribution in [-0.4, -0.2) is 69.8 Å². The topological polar surface area (TPSA) is 73.8 Å². The molecule has 0 N–H and O–H groups in total. The first-order chi connectivity index (χ1) is 13.8. The van der Waals surface area contributed by atoms with Crippen molar-refractivity contribution >= 4 is 28.7 Å². The predicted octanol–water partition coefficient (Wildman–Crippen LogP) is 2.76. The number of hydrogen-bond acceptors (Lipinski definition) is 4. The second kappa shape index (κ2) is 7.13. The van der Waals surface area contributed by atoms with E-state index in [0.29, 0.717) is 38.2 Å². The lowest BCUT2D eigenvalue weighted by molar-refractivity contribution is -0.134. The van der Waals surface area contributed by atoms with Crippen LogP contribution in [-0.2, 0) is 4.79 Å². The molecule has 2 fully saturated rings. The van der Waals surface area contributed by atoms with Crippen molar-refractivity contribution in [1.82, 2.24) is 19.7 Å². The number of amides is 4. The number of urea groups is 1. The summed E-state index contributed by atoms with van der Waals surface area (Å²) in [6, 6.07) is 11.1. The van der Waals surface area contributed by atoms with Crippen molar-refractivity contribution < 1.29 is 14.4 Å². The average Bonchev–Trinajstić information content (AvgIpc) is 2.89. The van der Waals surface area contributed by atoms with Crippen molar-refractivity contribution in [2.24, 2.45) is 5.92 Å². The first-order valence-electron chi connectivity index (χ1n) is 10.1. The molecule has 1 spiro atoms. The lowest BCUT2D eigenvalue weighted by atomic mass is 9.85. The molecule has 29 heavy (non-hydrogen) atoms. The van der Waals surface area contributed by atoms with Crippen LogP contribution in [0.2, 0.25) is 0 Å². The molecule has 0 saturated carbocycles. The molecular weight excluding hydrogens is 368 g/mol. The summed E-state index contributed by atoms with van der Waals surface area (Å²) in [5.41, 5.74) is 0.363. The average molecular weight is 394 g/mol. The van der Waals surface area contributed by atoms with E-state index in [2.05, 4.69) is 4.98 Å². The molecular formula is C22H26N4O3. The number of nitrogens with zero attached hydrogens (tertiary/aromatic N) is 4. The number of pyridine rings is 1. The Morgan fingerprint density at radius 2 is 1.79 bits per heavy atom. The van der Waals surface area contributed by atoms with Crippen molar-refractivity contribution in [2.75, 3.05) is 26.7 Å². The third-order valence-corrected chi connectivity index (χ3v) is 5.98.